The lowest BCUT2D eigenvalue weighted by molar-refractivity contribution is -0.140. The van der Waals surface area contributed by atoms with Gasteiger partial charge < -0.3 is 15.0 Å². The molecule has 1 atom stereocenters. The molecule has 0 spiro atoms. The van der Waals surface area contributed by atoms with Gasteiger partial charge in [0.25, 0.3) is 10.0 Å². The molecule has 45 heavy (non-hydrogen) atoms. The van der Waals surface area contributed by atoms with Crippen LogP contribution in [0.25, 0.3) is 0 Å². The fourth-order valence-corrected chi connectivity index (χ4v) is 6.40. The minimum Gasteiger partial charge on any atom is -0.497 e. The number of amides is 2. The highest BCUT2D eigenvalue weighted by atomic mass is 32.2. The van der Waals surface area contributed by atoms with E-state index < -0.39 is 28.5 Å². The molecule has 4 aromatic rings. The third kappa shape index (κ3) is 8.95. The summed E-state index contributed by atoms with van der Waals surface area (Å²) >= 11 is 0. The Morgan fingerprint density at radius 2 is 1.49 bits per heavy atom. The third-order valence-corrected chi connectivity index (χ3v) is 9.31. The minimum atomic E-state index is -4.14. The summed E-state index contributed by atoms with van der Waals surface area (Å²) in [5.74, 6) is -0.195. The van der Waals surface area contributed by atoms with Crippen molar-refractivity contribution in [3.05, 3.63) is 126 Å². The van der Waals surface area contributed by atoms with Crippen LogP contribution in [0.3, 0.4) is 0 Å². The van der Waals surface area contributed by atoms with Crippen LogP contribution in [-0.2, 0) is 32.6 Å². The number of nitrogens with one attached hydrogen (secondary N) is 1. The molecule has 0 saturated heterocycles. The quantitative estimate of drug-likeness (QED) is 0.169. The Morgan fingerprint density at radius 3 is 2.13 bits per heavy atom. The van der Waals surface area contributed by atoms with Gasteiger partial charge in [-0.15, -0.1) is 0 Å². The van der Waals surface area contributed by atoms with Crippen LogP contribution in [0.5, 0.6) is 5.75 Å². The fraction of sp³-hybridized carbons (Fsp3) is 0.278. The smallest absolute Gasteiger partial charge is 0.264 e. The zero-order chi connectivity index (χ0) is 32.2. The van der Waals surface area contributed by atoms with Gasteiger partial charge in [0, 0.05) is 19.5 Å². The third-order valence-electron chi connectivity index (χ3n) is 7.52. The molecule has 4 aromatic carbocycles. The van der Waals surface area contributed by atoms with Gasteiger partial charge in [0.05, 0.1) is 17.7 Å². The van der Waals surface area contributed by atoms with Crippen molar-refractivity contribution in [3.63, 3.8) is 0 Å². The Bertz CT molecular complexity index is 1650. The van der Waals surface area contributed by atoms with Crippen molar-refractivity contribution in [1.29, 1.82) is 0 Å². The summed E-state index contributed by atoms with van der Waals surface area (Å²) in [4.78, 5) is 29.9. The molecular formula is C36H41N3O5S. The largest absolute Gasteiger partial charge is 0.497 e. The topological polar surface area (TPSA) is 96.0 Å². The Morgan fingerprint density at radius 1 is 0.844 bits per heavy atom. The van der Waals surface area contributed by atoms with Crippen molar-refractivity contribution < 1.29 is 22.7 Å². The molecule has 0 radical (unpaired) electrons. The van der Waals surface area contributed by atoms with E-state index in [1.54, 1.807) is 67.8 Å². The molecule has 0 aromatic heterocycles. The van der Waals surface area contributed by atoms with E-state index in [2.05, 4.69) is 5.32 Å². The van der Waals surface area contributed by atoms with Crippen molar-refractivity contribution in [3.8, 4) is 5.75 Å². The molecule has 8 nitrogen and oxygen atoms in total. The second-order valence-electron chi connectivity index (χ2n) is 10.9. The molecule has 0 fully saturated rings. The molecule has 0 aliphatic carbocycles. The van der Waals surface area contributed by atoms with E-state index in [9.17, 15) is 18.0 Å². The van der Waals surface area contributed by atoms with Crippen molar-refractivity contribution >= 4 is 27.5 Å². The molecule has 4 rings (SSSR count). The number of hydrogen-bond donors (Lipinski definition) is 1. The first-order valence-electron chi connectivity index (χ1n) is 15.1. The standard InChI is InChI=1S/C36H41N3O5S/c1-4-5-23-37-36(41)34(25-29-13-8-6-9-14-29)38(26-30-15-12-18-32(24-30)44-3)35(40)27-39(31-16-10-7-11-17-31)45(42,43)33-21-19-28(2)20-22-33/h6-22,24,34H,4-5,23,25-27H2,1-3H3,(H,37,41)/t34-/m0/s1. The molecule has 0 unspecified atom stereocenters. The predicted octanol–water partition coefficient (Wildman–Crippen LogP) is 5.76. The lowest BCUT2D eigenvalue weighted by Gasteiger charge is -2.34. The second-order valence-corrected chi connectivity index (χ2v) is 12.7. The van der Waals surface area contributed by atoms with E-state index in [4.69, 9.17) is 4.74 Å². The van der Waals surface area contributed by atoms with Crippen molar-refractivity contribution in [2.75, 3.05) is 24.5 Å². The number of carbonyl (C=O) groups excluding carboxylic acids is 2. The van der Waals surface area contributed by atoms with Crippen LogP contribution in [0, 0.1) is 6.92 Å². The zero-order valence-electron chi connectivity index (χ0n) is 26.1. The van der Waals surface area contributed by atoms with Gasteiger partial charge in [-0.25, -0.2) is 8.42 Å². The predicted molar refractivity (Wildman–Crippen MR) is 178 cm³/mol. The Labute approximate surface area is 266 Å². The van der Waals surface area contributed by atoms with Crippen molar-refractivity contribution in [2.45, 2.75) is 50.6 Å². The van der Waals surface area contributed by atoms with Crippen LogP contribution in [-0.4, -0.2) is 51.4 Å². The van der Waals surface area contributed by atoms with E-state index in [1.807, 2.05) is 62.4 Å². The number of carbonyl (C=O) groups is 2. The summed E-state index contributed by atoms with van der Waals surface area (Å²) in [6.07, 6.45) is 1.95. The number of methoxy groups -OCH3 is 1. The lowest BCUT2D eigenvalue weighted by atomic mass is 10.0. The Hall–Kier alpha value is -4.63. The Balaban J connectivity index is 1.78. The van der Waals surface area contributed by atoms with E-state index in [0.717, 1.165) is 33.8 Å². The van der Waals surface area contributed by atoms with Gasteiger partial charge in [-0.2, -0.15) is 0 Å². The van der Waals surface area contributed by atoms with Crippen LogP contribution < -0.4 is 14.4 Å². The van der Waals surface area contributed by atoms with Crippen LogP contribution in [0.2, 0.25) is 0 Å². The van der Waals surface area contributed by atoms with Crippen LogP contribution in [0.1, 0.15) is 36.5 Å². The highest BCUT2D eigenvalue weighted by Crippen LogP contribution is 2.25. The number of aryl methyl sites for hydroxylation is 1. The first-order valence-corrected chi connectivity index (χ1v) is 16.6. The van der Waals surface area contributed by atoms with Gasteiger partial charge in [-0.05, 0) is 60.9 Å². The maximum Gasteiger partial charge on any atom is 0.264 e. The number of benzene rings is 4. The normalized spacial score (nSPS) is 11.8. The summed E-state index contributed by atoms with van der Waals surface area (Å²) in [7, 11) is -2.58. The van der Waals surface area contributed by atoms with Crippen molar-refractivity contribution in [2.24, 2.45) is 0 Å². The number of hydrogen-bond acceptors (Lipinski definition) is 5. The second kappa shape index (κ2) is 15.9. The summed E-state index contributed by atoms with van der Waals surface area (Å²) in [6, 6.07) is 31.0. The number of nitrogens with zero attached hydrogens (tertiary/aromatic N) is 2. The number of rotatable bonds is 15. The Kier molecular flexibility index (Phi) is 11.8. The zero-order valence-corrected chi connectivity index (χ0v) is 26.9. The molecular weight excluding hydrogens is 586 g/mol. The first kappa shape index (κ1) is 33.3. The first-order chi connectivity index (χ1) is 21.7. The fourth-order valence-electron chi connectivity index (χ4n) is 4.99. The van der Waals surface area contributed by atoms with E-state index in [0.29, 0.717) is 18.0 Å². The SMILES string of the molecule is CCCCNC(=O)[C@H](Cc1ccccc1)N(Cc1cccc(OC)c1)C(=O)CN(c1ccccc1)S(=O)(=O)c1ccc(C)cc1. The number of para-hydroxylation sites is 1. The summed E-state index contributed by atoms with van der Waals surface area (Å²) in [5, 5.41) is 3.00. The van der Waals surface area contributed by atoms with Gasteiger partial charge in [0.1, 0.15) is 18.3 Å². The maximum atomic E-state index is 14.5. The van der Waals surface area contributed by atoms with Gasteiger partial charge in [-0.1, -0.05) is 91.7 Å². The van der Waals surface area contributed by atoms with Gasteiger partial charge in [0.2, 0.25) is 11.8 Å². The van der Waals surface area contributed by atoms with Gasteiger partial charge >= 0.3 is 0 Å². The van der Waals surface area contributed by atoms with Gasteiger partial charge in [0.15, 0.2) is 0 Å². The van der Waals surface area contributed by atoms with Crippen LogP contribution in [0.15, 0.2) is 114 Å². The lowest BCUT2D eigenvalue weighted by Crippen LogP contribution is -2.53. The molecule has 0 heterocycles. The molecule has 0 saturated carbocycles. The van der Waals surface area contributed by atoms with Crippen LogP contribution >= 0.6 is 0 Å². The van der Waals surface area contributed by atoms with E-state index in [-0.39, 0.29) is 23.8 Å². The molecule has 1 N–H and O–H groups in total. The number of sulfonamides is 1. The number of anilines is 1. The molecule has 9 heteroatoms. The summed E-state index contributed by atoms with van der Waals surface area (Å²) < 4.78 is 34.7. The number of unbranched alkanes of at least 4 members (excludes halogenated alkanes) is 1. The average Bonchev–Trinajstić information content (AvgIpc) is 3.06. The highest BCUT2D eigenvalue weighted by molar-refractivity contribution is 7.92. The summed E-state index contributed by atoms with van der Waals surface area (Å²) in [5.41, 5.74) is 2.89. The van der Waals surface area contributed by atoms with Gasteiger partial charge in [-0.3, -0.25) is 13.9 Å². The monoisotopic (exact) mass is 627 g/mol. The van der Waals surface area contributed by atoms with Crippen molar-refractivity contribution in [1.82, 2.24) is 10.2 Å². The average molecular weight is 628 g/mol. The van der Waals surface area contributed by atoms with E-state index >= 15 is 0 Å². The minimum absolute atomic E-state index is 0.0714. The molecule has 0 aliphatic heterocycles. The molecule has 2 amide bonds. The molecule has 0 aliphatic rings. The molecule has 0 bridgehead atoms. The maximum absolute atomic E-state index is 14.5. The van der Waals surface area contributed by atoms with Crippen LogP contribution in [0.4, 0.5) is 5.69 Å². The summed E-state index contributed by atoms with van der Waals surface area (Å²) in [6.45, 7) is 3.96. The number of ether oxygens (including phenoxy) is 1. The van der Waals surface area contributed by atoms with E-state index in [1.165, 1.54) is 4.90 Å². The molecule has 236 valence electrons. The highest BCUT2D eigenvalue weighted by Gasteiger charge is 2.34.